The summed E-state index contributed by atoms with van der Waals surface area (Å²) in [7, 11) is 1.40. The molecular formula is C9H16O3. The number of ether oxygens (including phenoxy) is 2. The third-order valence-electron chi connectivity index (χ3n) is 2.16. The van der Waals surface area contributed by atoms with E-state index in [0.717, 1.165) is 12.8 Å². The monoisotopic (exact) mass is 172 g/mol. The molecule has 0 radical (unpaired) electrons. The Morgan fingerprint density at radius 2 is 2.25 bits per heavy atom. The molecule has 1 aliphatic rings. The van der Waals surface area contributed by atoms with Gasteiger partial charge in [-0.25, -0.2) is 0 Å². The molecule has 0 N–H and O–H groups in total. The summed E-state index contributed by atoms with van der Waals surface area (Å²) in [4.78, 5) is 10.8. The van der Waals surface area contributed by atoms with Crippen LogP contribution in [0.3, 0.4) is 0 Å². The Labute approximate surface area is 73.0 Å². The predicted octanol–water partition coefficient (Wildman–Crippen LogP) is 1.51. The fraction of sp³-hybridized carbons (Fsp3) is 0.889. The zero-order valence-electron chi connectivity index (χ0n) is 7.71. The van der Waals surface area contributed by atoms with E-state index in [1.54, 1.807) is 0 Å². The van der Waals surface area contributed by atoms with E-state index in [9.17, 15) is 4.79 Å². The molecule has 3 heteroatoms. The third kappa shape index (κ3) is 2.81. The van der Waals surface area contributed by atoms with E-state index in [2.05, 4.69) is 4.74 Å². The fourth-order valence-electron chi connectivity index (χ4n) is 1.20. The van der Waals surface area contributed by atoms with Crippen molar-refractivity contribution in [1.29, 1.82) is 0 Å². The lowest BCUT2D eigenvalue weighted by molar-refractivity contribution is -0.145. The number of methoxy groups -OCH3 is 1. The lowest BCUT2D eigenvalue weighted by Crippen LogP contribution is -2.27. The van der Waals surface area contributed by atoms with Crippen LogP contribution < -0.4 is 0 Å². The second-order valence-electron chi connectivity index (χ2n) is 3.28. The average molecular weight is 172 g/mol. The normalized spacial score (nSPS) is 19.8. The Balaban J connectivity index is 2.10. The van der Waals surface area contributed by atoms with Gasteiger partial charge in [0.1, 0.15) is 0 Å². The van der Waals surface area contributed by atoms with Gasteiger partial charge in [-0.3, -0.25) is 4.79 Å². The van der Waals surface area contributed by atoms with Crippen molar-refractivity contribution in [2.24, 2.45) is 0 Å². The summed E-state index contributed by atoms with van der Waals surface area (Å²) in [6.45, 7) is 1.91. The van der Waals surface area contributed by atoms with Crippen molar-refractivity contribution >= 4 is 5.97 Å². The van der Waals surface area contributed by atoms with Gasteiger partial charge in [0.25, 0.3) is 0 Å². The highest BCUT2D eigenvalue weighted by Gasteiger charge is 2.21. The molecule has 1 unspecified atom stereocenters. The minimum Gasteiger partial charge on any atom is -0.469 e. The van der Waals surface area contributed by atoms with Crippen LogP contribution in [-0.2, 0) is 14.3 Å². The molecule has 0 heterocycles. The third-order valence-corrected chi connectivity index (χ3v) is 2.16. The van der Waals surface area contributed by atoms with Crippen molar-refractivity contribution in [3.05, 3.63) is 0 Å². The van der Waals surface area contributed by atoms with Gasteiger partial charge in [0.05, 0.1) is 25.7 Å². The largest absolute Gasteiger partial charge is 0.469 e. The maximum atomic E-state index is 10.8. The van der Waals surface area contributed by atoms with Crippen LogP contribution in [0.4, 0.5) is 0 Å². The van der Waals surface area contributed by atoms with Crippen LogP contribution in [0.2, 0.25) is 0 Å². The number of esters is 1. The van der Waals surface area contributed by atoms with Crippen molar-refractivity contribution in [2.45, 2.75) is 44.8 Å². The quantitative estimate of drug-likeness (QED) is 0.603. The van der Waals surface area contributed by atoms with E-state index in [-0.39, 0.29) is 12.1 Å². The number of hydrogen-bond donors (Lipinski definition) is 0. The number of hydrogen-bond acceptors (Lipinski definition) is 3. The maximum absolute atomic E-state index is 10.8. The molecule has 1 atom stereocenters. The summed E-state index contributed by atoms with van der Waals surface area (Å²) in [5.41, 5.74) is 0. The molecule has 0 aliphatic heterocycles. The molecule has 0 spiro atoms. The average Bonchev–Trinajstić information content (AvgIpc) is 1.97. The highest BCUT2D eigenvalue weighted by Crippen LogP contribution is 2.23. The first-order valence-electron chi connectivity index (χ1n) is 4.44. The smallest absolute Gasteiger partial charge is 0.308 e. The van der Waals surface area contributed by atoms with Gasteiger partial charge in [0.2, 0.25) is 0 Å². The van der Waals surface area contributed by atoms with Crippen LogP contribution in [0.25, 0.3) is 0 Å². The molecule has 1 fully saturated rings. The lowest BCUT2D eigenvalue weighted by atomic mass is 9.96. The van der Waals surface area contributed by atoms with Gasteiger partial charge in [-0.05, 0) is 26.2 Å². The van der Waals surface area contributed by atoms with Gasteiger partial charge in [-0.15, -0.1) is 0 Å². The maximum Gasteiger partial charge on any atom is 0.308 e. The molecule has 0 aromatic rings. The number of rotatable bonds is 4. The van der Waals surface area contributed by atoms with Gasteiger partial charge >= 0.3 is 5.97 Å². The molecule has 1 rings (SSSR count). The molecule has 0 bridgehead atoms. The van der Waals surface area contributed by atoms with Crippen molar-refractivity contribution in [1.82, 2.24) is 0 Å². The molecular weight excluding hydrogens is 156 g/mol. The molecule has 3 nitrogen and oxygen atoms in total. The molecule has 0 amide bonds. The Morgan fingerprint density at radius 3 is 2.67 bits per heavy atom. The van der Waals surface area contributed by atoms with Gasteiger partial charge in [-0.2, -0.15) is 0 Å². The minimum absolute atomic E-state index is 0.00255. The van der Waals surface area contributed by atoms with Crippen LogP contribution in [0.15, 0.2) is 0 Å². The van der Waals surface area contributed by atoms with Gasteiger partial charge in [0.15, 0.2) is 0 Å². The fourth-order valence-corrected chi connectivity index (χ4v) is 1.20. The van der Waals surface area contributed by atoms with E-state index in [1.807, 2.05) is 6.92 Å². The summed E-state index contributed by atoms with van der Waals surface area (Å²) in [5, 5.41) is 0. The predicted molar refractivity (Wildman–Crippen MR) is 44.8 cm³/mol. The Kier molecular flexibility index (Phi) is 3.53. The zero-order valence-corrected chi connectivity index (χ0v) is 7.71. The van der Waals surface area contributed by atoms with E-state index in [0.29, 0.717) is 12.5 Å². The molecule has 70 valence electrons. The van der Waals surface area contributed by atoms with Crippen LogP contribution in [-0.4, -0.2) is 25.3 Å². The van der Waals surface area contributed by atoms with Crippen molar-refractivity contribution in [2.75, 3.05) is 7.11 Å². The summed E-state index contributed by atoms with van der Waals surface area (Å²) in [6, 6.07) is 0. The summed E-state index contributed by atoms with van der Waals surface area (Å²) >= 11 is 0. The molecule has 12 heavy (non-hydrogen) atoms. The Hall–Kier alpha value is -0.570. The van der Waals surface area contributed by atoms with Crippen molar-refractivity contribution in [3.8, 4) is 0 Å². The molecule has 0 saturated heterocycles. The number of carbonyl (C=O) groups excluding carboxylic acids is 1. The SMILES string of the molecule is COC(=O)CC(C)OC1CCC1. The van der Waals surface area contributed by atoms with Crippen LogP contribution in [0.1, 0.15) is 32.6 Å². The standard InChI is InChI=1S/C9H16O3/c1-7(6-9(10)11-2)12-8-4-3-5-8/h7-8H,3-6H2,1-2H3. The summed E-state index contributed by atoms with van der Waals surface area (Å²) in [5.74, 6) is -0.193. The van der Waals surface area contributed by atoms with Crippen molar-refractivity contribution in [3.63, 3.8) is 0 Å². The molecule has 0 aromatic heterocycles. The van der Waals surface area contributed by atoms with E-state index >= 15 is 0 Å². The summed E-state index contributed by atoms with van der Waals surface area (Å²) in [6.07, 6.45) is 4.31. The van der Waals surface area contributed by atoms with E-state index in [4.69, 9.17) is 4.74 Å². The topological polar surface area (TPSA) is 35.5 Å². The molecule has 0 aromatic carbocycles. The second-order valence-corrected chi connectivity index (χ2v) is 3.28. The second kappa shape index (κ2) is 4.45. The Morgan fingerprint density at radius 1 is 1.58 bits per heavy atom. The zero-order chi connectivity index (χ0) is 8.97. The van der Waals surface area contributed by atoms with Gasteiger partial charge in [-0.1, -0.05) is 0 Å². The van der Waals surface area contributed by atoms with Crippen LogP contribution in [0, 0.1) is 0 Å². The lowest BCUT2D eigenvalue weighted by Gasteiger charge is -2.28. The molecule has 1 aliphatic carbocycles. The van der Waals surface area contributed by atoms with E-state index < -0.39 is 0 Å². The van der Waals surface area contributed by atoms with Crippen molar-refractivity contribution < 1.29 is 14.3 Å². The van der Waals surface area contributed by atoms with Crippen LogP contribution >= 0.6 is 0 Å². The Bertz CT molecular complexity index is 152. The van der Waals surface area contributed by atoms with Gasteiger partial charge in [0, 0.05) is 0 Å². The number of carbonyl (C=O) groups is 1. The van der Waals surface area contributed by atoms with E-state index in [1.165, 1.54) is 13.5 Å². The van der Waals surface area contributed by atoms with Gasteiger partial charge < -0.3 is 9.47 Å². The first-order valence-corrected chi connectivity index (χ1v) is 4.44. The van der Waals surface area contributed by atoms with Crippen LogP contribution in [0.5, 0.6) is 0 Å². The first-order chi connectivity index (χ1) is 5.72. The highest BCUT2D eigenvalue weighted by molar-refractivity contribution is 5.69. The summed E-state index contributed by atoms with van der Waals surface area (Å²) < 4.78 is 10.1. The molecule has 1 saturated carbocycles. The first kappa shape index (κ1) is 9.52. The minimum atomic E-state index is -0.193. The highest BCUT2D eigenvalue weighted by atomic mass is 16.5.